The van der Waals surface area contributed by atoms with Crippen LogP contribution >= 0.6 is 0 Å². The summed E-state index contributed by atoms with van der Waals surface area (Å²) in [7, 11) is 3.75. The molecule has 6 heteroatoms. The molecule has 3 rings (SSSR count). The first kappa shape index (κ1) is 17.6. The van der Waals surface area contributed by atoms with E-state index in [1.165, 1.54) is 16.8 Å². The Morgan fingerprint density at radius 2 is 1.75 bits per heavy atom. The average Bonchev–Trinajstić information content (AvgIpc) is 2.93. The summed E-state index contributed by atoms with van der Waals surface area (Å²) < 4.78 is 16.1. The Balaban J connectivity index is 0.000000647. The molecule has 0 unspecified atom stereocenters. The number of halogens is 1. The number of benzene rings is 2. The highest BCUT2D eigenvalue weighted by Crippen LogP contribution is 2.16. The Kier molecular flexibility index (Phi) is 6.03. The van der Waals surface area contributed by atoms with Crippen molar-refractivity contribution in [2.75, 3.05) is 14.1 Å². The van der Waals surface area contributed by atoms with Gasteiger partial charge >= 0.3 is 5.69 Å². The molecule has 0 aliphatic rings. The van der Waals surface area contributed by atoms with Gasteiger partial charge in [-0.15, -0.1) is 5.10 Å². The lowest BCUT2D eigenvalue weighted by atomic mass is 10.2. The lowest BCUT2D eigenvalue weighted by molar-refractivity contribution is 0.624. The molecule has 1 aromatic heterocycles. The zero-order valence-electron chi connectivity index (χ0n) is 14.0. The third-order valence-electron chi connectivity index (χ3n) is 3.26. The molecule has 1 heterocycles. The van der Waals surface area contributed by atoms with Crippen LogP contribution in [0.3, 0.4) is 0 Å². The lowest BCUT2D eigenvalue weighted by Gasteiger charge is -2.00. The minimum atomic E-state index is -0.397. The van der Waals surface area contributed by atoms with Crippen LogP contribution in [0.25, 0.3) is 17.1 Å². The van der Waals surface area contributed by atoms with Crippen LogP contribution in [0.15, 0.2) is 59.4 Å². The van der Waals surface area contributed by atoms with Crippen molar-refractivity contribution in [2.24, 2.45) is 0 Å². The van der Waals surface area contributed by atoms with E-state index in [-0.39, 0.29) is 5.69 Å². The second-order valence-electron chi connectivity index (χ2n) is 5.11. The molecule has 0 spiro atoms. The van der Waals surface area contributed by atoms with Crippen LogP contribution in [0, 0.1) is 5.82 Å². The van der Waals surface area contributed by atoms with Crippen LogP contribution < -0.4 is 11.0 Å². The smallest absolute Gasteiger partial charge is 0.323 e. The van der Waals surface area contributed by atoms with E-state index in [2.05, 4.69) is 10.4 Å². The average molecular weight is 328 g/mol. The summed E-state index contributed by atoms with van der Waals surface area (Å²) in [5.74, 6) is 0.180. The van der Waals surface area contributed by atoms with Crippen LogP contribution in [-0.4, -0.2) is 28.4 Å². The highest BCUT2D eigenvalue weighted by atomic mass is 19.1. The molecule has 126 valence electrons. The normalized spacial score (nSPS) is 10.2. The molecule has 3 aromatic rings. The van der Waals surface area contributed by atoms with E-state index in [0.29, 0.717) is 18.1 Å². The Morgan fingerprint density at radius 1 is 1.08 bits per heavy atom. The molecule has 0 bridgehead atoms. The predicted octanol–water partition coefficient (Wildman–Crippen LogP) is 2.70. The van der Waals surface area contributed by atoms with Crippen molar-refractivity contribution in [3.8, 4) is 17.1 Å². The minimum absolute atomic E-state index is 0.276. The van der Waals surface area contributed by atoms with Crippen LogP contribution in [0.2, 0.25) is 0 Å². The number of nitrogens with one attached hydrogen (secondary N) is 1. The molecule has 0 aliphatic carbocycles. The largest absolute Gasteiger partial charge is 0.350 e. The van der Waals surface area contributed by atoms with E-state index in [1.807, 2.05) is 51.4 Å². The molecule has 0 aliphatic heterocycles. The van der Waals surface area contributed by atoms with Gasteiger partial charge in [-0.05, 0) is 39.2 Å². The highest BCUT2D eigenvalue weighted by molar-refractivity contribution is 5.55. The monoisotopic (exact) mass is 328 g/mol. The van der Waals surface area contributed by atoms with Crippen molar-refractivity contribution >= 4 is 0 Å². The van der Waals surface area contributed by atoms with Gasteiger partial charge in [0.25, 0.3) is 0 Å². The van der Waals surface area contributed by atoms with Crippen molar-refractivity contribution in [3.63, 3.8) is 0 Å². The van der Waals surface area contributed by atoms with Gasteiger partial charge < -0.3 is 5.32 Å². The van der Waals surface area contributed by atoms with Gasteiger partial charge in [-0.1, -0.05) is 36.4 Å². The summed E-state index contributed by atoms with van der Waals surface area (Å²) >= 11 is 0. The third kappa shape index (κ3) is 3.78. The molecule has 5 nitrogen and oxygen atoms in total. The SMILES string of the molecule is CCn1c(-c2ccccc2)nn(-c2cccc(F)c2)c1=O.CNC. The zero-order valence-corrected chi connectivity index (χ0v) is 14.0. The summed E-state index contributed by atoms with van der Waals surface area (Å²) in [6.07, 6.45) is 0. The molecule has 24 heavy (non-hydrogen) atoms. The number of aromatic nitrogens is 3. The second-order valence-corrected chi connectivity index (χ2v) is 5.11. The maximum atomic E-state index is 13.3. The predicted molar refractivity (Wildman–Crippen MR) is 93.9 cm³/mol. The van der Waals surface area contributed by atoms with Gasteiger partial charge in [0.2, 0.25) is 0 Å². The lowest BCUT2D eigenvalue weighted by Crippen LogP contribution is -2.23. The number of hydrogen-bond donors (Lipinski definition) is 1. The van der Waals surface area contributed by atoms with Gasteiger partial charge in [0.05, 0.1) is 5.69 Å². The van der Waals surface area contributed by atoms with Crippen molar-refractivity contribution in [3.05, 3.63) is 70.9 Å². The molecule has 0 saturated heterocycles. The van der Waals surface area contributed by atoms with Crippen LogP contribution in [0.5, 0.6) is 0 Å². The van der Waals surface area contributed by atoms with Gasteiger partial charge in [0, 0.05) is 12.1 Å². The molecule has 0 amide bonds. The van der Waals surface area contributed by atoms with Crippen LogP contribution in [-0.2, 0) is 6.54 Å². The van der Waals surface area contributed by atoms with Crippen molar-refractivity contribution < 1.29 is 4.39 Å². The molecular formula is C18H21FN4O. The molecule has 1 N–H and O–H groups in total. The van der Waals surface area contributed by atoms with Gasteiger partial charge in [-0.2, -0.15) is 4.68 Å². The Hall–Kier alpha value is -2.73. The van der Waals surface area contributed by atoms with E-state index in [0.717, 1.165) is 5.56 Å². The van der Waals surface area contributed by atoms with E-state index < -0.39 is 5.82 Å². The first-order chi connectivity index (χ1) is 11.6. The van der Waals surface area contributed by atoms with Gasteiger partial charge in [0.1, 0.15) is 5.82 Å². The van der Waals surface area contributed by atoms with E-state index in [9.17, 15) is 9.18 Å². The van der Waals surface area contributed by atoms with Crippen molar-refractivity contribution in [1.82, 2.24) is 19.7 Å². The summed E-state index contributed by atoms with van der Waals surface area (Å²) in [5.41, 5.74) is 0.998. The summed E-state index contributed by atoms with van der Waals surface area (Å²) in [6, 6.07) is 15.3. The molecule has 0 atom stereocenters. The fourth-order valence-electron chi connectivity index (χ4n) is 2.26. The fourth-order valence-corrected chi connectivity index (χ4v) is 2.26. The van der Waals surface area contributed by atoms with Crippen molar-refractivity contribution in [1.29, 1.82) is 0 Å². The maximum absolute atomic E-state index is 13.3. The fraction of sp³-hybridized carbons (Fsp3) is 0.222. The second kappa shape index (κ2) is 8.21. The Bertz CT molecular complexity index is 840. The first-order valence-electron chi connectivity index (χ1n) is 7.72. The molecule has 0 radical (unpaired) electrons. The van der Waals surface area contributed by atoms with Crippen LogP contribution in [0.1, 0.15) is 6.92 Å². The first-order valence-corrected chi connectivity index (χ1v) is 7.72. The standard InChI is InChI=1S/C16H14FN3O.C2H7N/c1-2-19-15(12-7-4-3-5-8-12)18-20(16(19)21)14-10-6-9-13(17)11-14;1-3-2/h3-11H,2H2,1H3;3H,1-2H3. The summed E-state index contributed by atoms with van der Waals surface area (Å²) in [6.45, 7) is 2.38. The summed E-state index contributed by atoms with van der Waals surface area (Å²) in [4.78, 5) is 12.4. The van der Waals surface area contributed by atoms with Crippen LogP contribution in [0.4, 0.5) is 4.39 Å². The Labute approximate surface area is 140 Å². The van der Waals surface area contributed by atoms with Gasteiger partial charge in [0.15, 0.2) is 5.82 Å². The minimum Gasteiger partial charge on any atom is -0.323 e. The van der Waals surface area contributed by atoms with E-state index in [4.69, 9.17) is 0 Å². The van der Waals surface area contributed by atoms with Gasteiger partial charge in [-0.25, -0.2) is 9.18 Å². The third-order valence-corrected chi connectivity index (χ3v) is 3.26. The molecule has 2 aromatic carbocycles. The quantitative estimate of drug-likeness (QED) is 0.804. The number of hydrogen-bond acceptors (Lipinski definition) is 3. The topological polar surface area (TPSA) is 51.9 Å². The molecule has 0 saturated carbocycles. The number of nitrogens with zero attached hydrogens (tertiary/aromatic N) is 3. The van der Waals surface area contributed by atoms with E-state index in [1.54, 1.807) is 16.7 Å². The zero-order chi connectivity index (χ0) is 17.5. The Morgan fingerprint density at radius 3 is 2.33 bits per heavy atom. The number of rotatable bonds is 3. The highest BCUT2D eigenvalue weighted by Gasteiger charge is 2.14. The molecular weight excluding hydrogens is 307 g/mol. The maximum Gasteiger partial charge on any atom is 0.350 e. The molecule has 0 fully saturated rings. The van der Waals surface area contributed by atoms with E-state index >= 15 is 0 Å². The van der Waals surface area contributed by atoms with Crippen molar-refractivity contribution in [2.45, 2.75) is 13.5 Å². The summed E-state index contributed by atoms with van der Waals surface area (Å²) in [5, 5.41) is 7.11. The van der Waals surface area contributed by atoms with Gasteiger partial charge in [-0.3, -0.25) is 4.57 Å².